The summed E-state index contributed by atoms with van der Waals surface area (Å²) in [6.07, 6.45) is 0. The predicted octanol–water partition coefficient (Wildman–Crippen LogP) is 2.94. The van der Waals surface area contributed by atoms with Gasteiger partial charge in [-0.1, -0.05) is 35.9 Å². The van der Waals surface area contributed by atoms with Crippen molar-refractivity contribution in [3.63, 3.8) is 0 Å². The molecule has 0 radical (unpaired) electrons. The Morgan fingerprint density at radius 1 is 1.15 bits per heavy atom. The SMILES string of the molecule is COc1c(N)cccc1C(=O)OCc1ccc(C)cc1. The number of carbonyl (C=O) groups is 1. The Morgan fingerprint density at radius 2 is 1.85 bits per heavy atom. The number of nitrogen functional groups attached to an aromatic ring is 1. The van der Waals surface area contributed by atoms with Gasteiger partial charge in [0.1, 0.15) is 12.2 Å². The first-order valence-electron chi connectivity index (χ1n) is 6.27. The highest BCUT2D eigenvalue weighted by Crippen LogP contribution is 2.26. The van der Waals surface area contributed by atoms with Gasteiger partial charge in [0.25, 0.3) is 0 Å². The minimum Gasteiger partial charge on any atom is -0.494 e. The van der Waals surface area contributed by atoms with Crippen LogP contribution in [0.3, 0.4) is 0 Å². The number of benzene rings is 2. The molecule has 0 atom stereocenters. The lowest BCUT2D eigenvalue weighted by atomic mass is 10.1. The molecule has 2 rings (SSSR count). The van der Waals surface area contributed by atoms with Crippen molar-refractivity contribution in [3.05, 3.63) is 59.2 Å². The van der Waals surface area contributed by atoms with Crippen molar-refractivity contribution < 1.29 is 14.3 Å². The fraction of sp³-hybridized carbons (Fsp3) is 0.188. The van der Waals surface area contributed by atoms with E-state index < -0.39 is 5.97 Å². The quantitative estimate of drug-likeness (QED) is 0.686. The first-order valence-corrected chi connectivity index (χ1v) is 6.27. The van der Waals surface area contributed by atoms with Gasteiger partial charge in [0.15, 0.2) is 5.75 Å². The minimum atomic E-state index is -0.449. The monoisotopic (exact) mass is 271 g/mol. The lowest BCUT2D eigenvalue weighted by molar-refractivity contribution is 0.0469. The minimum absolute atomic E-state index is 0.219. The smallest absolute Gasteiger partial charge is 0.342 e. The van der Waals surface area contributed by atoms with Crippen LogP contribution in [-0.4, -0.2) is 13.1 Å². The molecule has 104 valence electrons. The van der Waals surface area contributed by atoms with Crippen molar-refractivity contribution in [2.45, 2.75) is 13.5 Å². The van der Waals surface area contributed by atoms with Crippen LogP contribution in [0.25, 0.3) is 0 Å². The Balaban J connectivity index is 2.09. The van der Waals surface area contributed by atoms with Crippen molar-refractivity contribution >= 4 is 11.7 Å². The van der Waals surface area contributed by atoms with E-state index in [2.05, 4.69) is 0 Å². The van der Waals surface area contributed by atoms with Crippen LogP contribution in [-0.2, 0) is 11.3 Å². The van der Waals surface area contributed by atoms with E-state index in [4.69, 9.17) is 15.2 Å². The van der Waals surface area contributed by atoms with Gasteiger partial charge in [-0.3, -0.25) is 0 Å². The normalized spacial score (nSPS) is 10.1. The van der Waals surface area contributed by atoms with E-state index in [1.807, 2.05) is 31.2 Å². The number of aryl methyl sites for hydroxylation is 1. The molecule has 0 spiro atoms. The number of anilines is 1. The van der Waals surface area contributed by atoms with Crippen LogP contribution in [0, 0.1) is 6.92 Å². The van der Waals surface area contributed by atoms with E-state index in [9.17, 15) is 4.79 Å². The average Bonchev–Trinajstić information content (AvgIpc) is 2.46. The van der Waals surface area contributed by atoms with E-state index in [1.54, 1.807) is 18.2 Å². The maximum Gasteiger partial charge on any atom is 0.342 e. The summed E-state index contributed by atoms with van der Waals surface area (Å²) >= 11 is 0. The summed E-state index contributed by atoms with van der Waals surface area (Å²) in [4.78, 5) is 12.1. The van der Waals surface area contributed by atoms with Crippen molar-refractivity contribution in [1.29, 1.82) is 0 Å². The third-order valence-corrected chi connectivity index (χ3v) is 2.96. The fourth-order valence-electron chi connectivity index (χ4n) is 1.85. The highest BCUT2D eigenvalue weighted by atomic mass is 16.5. The van der Waals surface area contributed by atoms with Crippen LogP contribution in [0.1, 0.15) is 21.5 Å². The van der Waals surface area contributed by atoms with Crippen LogP contribution in [0.2, 0.25) is 0 Å². The van der Waals surface area contributed by atoms with E-state index in [0.717, 1.165) is 11.1 Å². The van der Waals surface area contributed by atoms with Gasteiger partial charge < -0.3 is 15.2 Å². The Kier molecular flexibility index (Phi) is 4.25. The number of methoxy groups -OCH3 is 1. The molecule has 2 aromatic carbocycles. The lowest BCUT2D eigenvalue weighted by Gasteiger charge is -2.10. The number of nitrogens with two attached hydrogens (primary N) is 1. The van der Waals surface area contributed by atoms with Crippen LogP contribution in [0.4, 0.5) is 5.69 Å². The Morgan fingerprint density at radius 3 is 2.50 bits per heavy atom. The first-order chi connectivity index (χ1) is 9.61. The molecule has 4 nitrogen and oxygen atoms in total. The molecular formula is C16H17NO3. The maximum atomic E-state index is 12.1. The lowest BCUT2D eigenvalue weighted by Crippen LogP contribution is -2.08. The van der Waals surface area contributed by atoms with Crippen LogP contribution in [0.5, 0.6) is 5.75 Å². The zero-order valence-electron chi connectivity index (χ0n) is 11.6. The summed E-state index contributed by atoms with van der Waals surface area (Å²) in [7, 11) is 1.47. The number of carbonyl (C=O) groups excluding carboxylic acids is 1. The van der Waals surface area contributed by atoms with Crippen LogP contribution in [0.15, 0.2) is 42.5 Å². The zero-order chi connectivity index (χ0) is 14.5. The third-order valence-electron chi connectivity index (χ3n) is 2.96. The van der Waals surface area contributed by atoms with Crippen LogP contribution >= 0.6 is 0 Å². The third kappa shape index (κ3) is 3.09. The molecule has 20 heavy (non-hydrogen) atoms. The van der Waals surface area contributed by atoms with Crippen molar-refractivity contribution in [3.8, 4) is 5.75 Å². The summed E-state index contributed by atoms with van der Waals surface area (Å²) in [6.45, 7) is 2.23. The van der Waals surface area contributed by atoms with Crippen molar-refractivity contribution in [1.82, 2.24) is 0 Å². The number of para-hydroxylation sites is 1. The number of rotatable bonds is 4. The Bertz CT molecular complexity index is 606. The fourth-order valence-corrected chi connectivity index (χ4v) is 1.85. The molecule has 0 aliphatic carbocycles. The average molecular weight is 271 g/mol. The van der Waals surface area contributed by atoms with Gasteiger partial charge >= 0.3 is 5.97 Å². The molecule has 0 heterocycles. The highest BCUT2D eigenvalue weighted by molar-refractivity contribution is 5.94. The second kappa shape index (κ2) is 6.10. The summed E-state index contributed by atoms with van der Waals surface area (Å²) in [5.41, 5.74) is 8.61. The second-order valence-corrected chi connectivity index (χ2v) is 4.49. The van der Waals surface area contributed by atoms with E-state index in [0.29, 0.717) is 17.0 Å². The number of hydrogen-bond donors (Lipinski definition) is 1. The molecular weight excluding hydrogens is 254 g/mol. The van der Waals surface area contributed by atoms with Crippen LogP contribution < -0.4 is 10.5 Å². The Labute approximate surface area is 118 Å². The largest absolute Gasteiger partial charge is 0.494 e. The zero-order valence-corrected chi connectivity index (χ0v) is 11.6. The molecule has 0 aliphatic rings. The molecule has 0 bridgehead atoms. The standard InChI is InChI=1S/C16H17NO3/c1-11-6-8-12(9-7-11)10-20-16(18)13-4-3-5-14(17)15(13)19-2/h3-9H,10,17H2,1-2H3. The number of esters is 1. The van der Waals surface area contributed by atoms with E-state index >= 15 is 0 Å². The molecule has 0 aliphatic heterocycles. The van der Waals surface area contributed by atoms with Gasteiger partial charge in [0.2, 0.25) is 0 Å². The Hall–Kier alpha value is -2.49. The highest BCUT2D eigenvalue weighted by Gasteiger charge is 2.15. The molecule has 2 aromatic rings. The topological polar surface area (TPSA) is 61.5 Å². The predicted molar refractivity (Wildman–Crippen MR) is 77.7 cm³/mol. The number of ether oxygens (including phenoxy) is 2. The van der Waals surface area contributed by atoms with E-state index in [-0.39, 0.29) is 6.61 Å². The van der Waals surface area contributed by atoms with Gasteiger partial charge in [0, 0.05) is 0 Å². The van der Waals surface area contributed by atoms with Gasteiger partial charge in [-0.15, -0.1) is 0 Å². The molecule has 0 saturated heterocycles. The van der Waals surface area contributed by atoms with Crippen molar-refractivity contribution in [2.24, 2.45) is 0 Å². The van der Waals surface area contributed by atoms with Gasteiger partial charge in [-0.2, -0.15) is 0 Å². The molecule has 0 unspecified atom stereocenters. The van der Waals surface area contributed by atoms with E-state index in [1.165, 1.54) is 7.11 Å². The summed E-state index contributed by atoms with van der Waals surface area (Å²) in [6, 6.07) is 12.8. The molecule has 0 amide bonds. The van der Waals surface area contributed by atoms with Gasteiger partial charge in [-0.25, -0.2) is 4.79 Å². The van der Waals surface area contributed by atoms with Gasteiger partial charge in [0.05, 0.1) is 12.8 Å². The van der Waals surface area contributed by atoms with Gasteiger partial charge in [-0.05, 0) is 24.6 Å². The summed E-state index contributed by atoms with van der Waals surface area (Å²) in [5, 5.41) is 0. The molecule has 0 saturated carbocycles. The molecule has 2 N–H and O–H groups in total. The molecule has 0 fully saturated rings. The molecule has 4 heteroatoms. The first kappa shape index (κ1) is 13.9. The summed E-state index contributed by atoms with van der Waals surface area (Å²) < 4.78 is 10.4. The second-order valence-electron chi connectivity index (χ2n) is 4.49. The summed E-state index contributed by atoms with van der Waals surface area (Å²) in [5.74, 6) is -0.101. The molecule has 0 aromatic heterocycles. The maximum absolute atomic E-state index is 12.1. The number of hydrogen-bond acceptors (Lipinski definition) is 4. The van der Waals surface area contributed by atoms with Crippen molar-refractivity contribution in [2.75, 3.05) is 12.8 Å².